The molecule has 0 radical (unpaired) electrons. The lowest BCUT2D eigenvalue weighted by atomic mass is 10.1. The SMILES string of the molecule is CC.c1ccc(N(c2ccccc2)c2cc3ccccc3cn2)cc1. The molecule has 2 nitrogen and oxygen atoms in total. The van der Waals surface area contributed by atoms with Gasteiger partial charge in [-0.2, -0.15) is 0 Å². The van der Waals surface area contributed by atoms with Crippen LogP contribution in [0.1, 0.15) is 13.8 Å². The van der Waals surface area contributed by atoms with Crippen LogP contribution in [0.5, 0.6) is 0 Å². The van der Waals surface area contributed by atoms with Gasteiger partial charge in [0.05, 0.1) is 0 Å². The molecule has 0 atom stereocenters. The number of pyridine rings is 1. The van der Waals surface area contributed by atoms with Gasteiger partial charge in [0.1, 0.15) is 5.82 Å². The van der Waals surface area contributed by atoms with Gasteiger partial charge >= 0.3 is 0 Å². The largest absolute Gasteiger partial charge is 0.295 e. The number of aromatic nitrogens is 1. The minimum Gasteiger partial charge on any atom is -0.295 e. The second kappa shape index (κ2) is 8.11. The number of para-hydroxylation sites is 2. The maximum atomic E-state index is 4.69. The van der Waals surface area contributed by atoms with Crippen LogP contribution < -0.4 is 4.90 Å². The van der Waals surface area contributed by atoms with Crippen molar-refractivity contribution < 1.29 is 0 Å². The number of hydrogen-bond donors (Lipinski definition) is 0. The molecule has 0 aliphatic carbocycles. The molecule has 0 unspecified atom stereocenters. The second-order valence-electron chi connectivity index (χ2n) is 5.40. The molecule has 0 fully saturated rings. The van der Waals surface area contributed by atoms with Crippen LogP contribution in [0.2, 0.25) is 0 Å². The van der Waals surface area contributed by atoms with Crippen LogP contribution in [-0.4, -0.2) is 4.98 Å². The van der Waals surface area contributed by atoms with Gasteiger partial charge in [0.25, 0.3) is 0 Å². The van der Waals surface area contributed by atoms with Crippen LogP contribution in [-0.2, 0) is 0 Å². The monoisotopic (exact) mass is 326 g/mol. The van der Waals surface area contributed by atoms with Crippen molar-refractivity contribution in [2.45, 2.75) is 13.8 Å². The van der Waals surface area contributed by atoms with E-state index in [0.717, 1.165) is 22.6 Å². The fourth-order valence-corrected chi connectivity index (χ4v) is 2.76. The summed E-state index contributed by atoms with van der Waals surface area (Å²) in [5.74, 6) is 0.918. The van der Waals surface area contributed by atoms with E-state index in [4.69, 9.17) is 0 Å². The zero-order valence-corrected chi connectivity index (χ0v) is 14.6. The van der Waals surface area contributed by atoms with Crippen molar-refractivity contribution in [2.24, 2.45) is 0 Å². The molecule has 0 aliphatic rings. The summed E-state index contributed by atoms with van der Waals surface area (Å²) in [6, 6.07) is 31.1. The molecule has 1 heterocycles. The molecule has 3 aromatic carbocycles. The Balaban J connectivity index is 0.000000880. The van der Waals surface area contributed by atoms with Gasteiger partial charge in [-0.15, -0.1) is 0 Å². The number of nitrogens with zero attached hydrogens (tertiary/aromatic N) is 2. The molecule has 0 bridgehead atoms. The fraction of sp³-hybridized carbons (Fsp3) is 0.0870. The zero-order valence-electron chi connectivity index (χ0n) is 14.6. The molecule has 0 saturated carbocycles. The van der Waals surface area contributed by atoms with E-state index in [1.807, 2.05) is 62.5 Å². The Kier molecular flexibility index (Phi) is 5.43. The summed E-state index contributed by atoms with van der Waals surface area (Å²) in [6.07, 6.45) is 1.93. The Morgan fingerprint density at radius 3 is 1.64 bits per heavy atom. The third-order valence-corrected chi connectivity index (χ3v) is 3.87. The molecule has 4 aromatic rings. The Labute approximate surface area is 149 Å². The molecule has 2 heteroatoms. The van der Waals surface area contributed by atoms with E-state index in [1.165, 1.54) is 5.39 Å². The van der Waals surface area contributed by atoms with Crippen LogP contribution in [0.15, 0.2) is 97.2 Å². The number of anilines is 3. The third-order valence-electron chi connectivity index (χ3n) is 3.87. The van der Waals surface area contributed by atoms with Crippen molar-refractivity contribution in [1.29, 1.82) is 0 Å². The average molecular weight is 326 g/mol. The van der Waals surface area contributed by atoms with Gasteiger partial charge in [0.2, 0.25) is 0 Å². The van der Waals surface area contributed by atoms with E-state index in [1.54, 1.807) is 0 Å². The van der Waals surface area contributed by atoms with Crippen molar-refractivity contribution in [3.8, 4) is 0 Å². The van der Waals surface area contributed by atoms with E-state index >= 15 is 0 Å². The summed E-state index contributed by atoms with van der Waals surface area (Å²) in [6.45, 7) is 4.00. The second-order valence-corrected chi connectivity index (χ2v) is 5.40. The summed E-state index contributed by atoms with van der Waals surface area (Å²) >= 11 is 0. The van der Waals surface area contributed by atoms with Crippen molar-refractivity contribution >= 4 is 28.0 Å². The first kappa shape index (κ1) is 16.7. The Morgan fingerprint density at radius 1 is 0.600 bits per heavy atom. The number of rotatable bonds is 3. The molecule has 0 spiro atoms. The van der Waals surface area contributed by atoms with Crippen LogP contribution >= 0.6 is 0 Å². The first-order valence-corrected chi connectivity index (χ1v) is 8.67. The molecule has 25 heavy (non-hydrogen) atoms. The van der Waals surface area contributed by atoms with Crippen LogP contribution in [0.3, 0.4) is 0 Å². The van der Waals surface area contributed by atoms with Crippen molar-refractivity contribution in [1.82, 2.24) is 4.98 Å². The van der Waals surface area contributed by atoms with Gasteiger partial charge < -0.3 is 0 Å². The predicted octanol–water partition coefficient (Wildman–Crippen LogP) is 6.73. The van der Waals surface area contributed by atoms with Crippen LogP contribution in [0, 0.1) is 0 Å². The third kappa shape index (κ3) is 3.69. The molecule has 0 aliphatic heterocycles. The molecular formula is C23H22N2. The predicted molar refractivity (Wildman–Crippen MR) is 108 cm³/mol. The van der Waals surface area contributed by atoms with Crippen molar-refractivity contribution in [2.75, 3.05) is 4.90 Å². The highest BCUT2D eigenvalue weighted by atomic mass is 15.2. The Bertz CT molecular complexity index is 878. The summed E-state index contributed by atoms with van der Waals surface area (Å²) in [7, 11) is 0. The molecule has 0 N–H and O–H groups in total. The molecule has 4 rings (SSSR count). The standard InChI is InChI=1S/C21H16N2.C2H6/c1-3-11-19(12-4-1)23(20-13-5-2-6-14-20)21-15-17-9-7-8-10-18(17)16-22-21;1-2/h1-16H;1-2H3. The highest BCUT2D eigenvalue weighted by Gasteiger charge is 2.13. The van der Waals surface area contributed by atoms with Gasteiger partial charge in [-0.05, 0) is 35.7 Å². The van der Waals surface area contributed by atoms with Gasteiger partial charge in [0, 0.05) is 23.0 Å². The lowest BCUT2D eigenvalue weighted by Crippen LogP contribution is -2.11. The lowest BCUT2D eigenvalue weighted by Gasteiger charge is -2.24. The fourth-order valence-electron chi connectivity index (χ4n) is 2.76. The highest BCUT2D eigenvalue weighted by Crippen LogP contribution is 2.33. The number of benzene rings is 3. The average Bonchev–Trinajstić information content (AvgIpc) is 2.71. The van der Waals surface area contributed by atoms with Gasteiger partial charge in [-0.3, -0.25) is 4.90 Å². The molecular weight excluding hydrogens is 304 g/mol. The van der Waals surface area contributed by atoms with E-state index < -0.39 is 0 Å². The maximum Gasteiger partial charge on any atom is 0.138 e. The first-order chi connectivity index (χ1) is 12.4. The zero-order chi connectivity index (χ0) is 17.5. The maximum absolute atomic E-state index is 4.69. The Morgan fingerprint density at radius 2 is 1.08 bits per heavy atom. The summed E-state index contributed by atoms with van der Waals surface area (Å²) in [5, 5.41) is 2.34. The van der Waals surface area contributed by atoms with Crippen LogP contribution in [0.25, 0.3) is 10.8 Å². The number of fused-ring (bicyclic) bond motifs is 1. The van der Waals surface area contributed by atoms with Gasteiger partial charge in [-0.25, -0.2) is 4.98 Å². The quantitative estimate of drug-likeness (QED) is 0.415. The minimum atomic E-state index is 0.918. The van der Waals surface area contributed by atoms with E-state index in [-0.39, 0.29) is 0 Å². The Hall–Kier alpha value is -3.13. The van der Waals surface area contributed by atoms with E-state index in [0.29, 0.717) is 0 Å². The summed E-state index contributed by atoms with van der Waals surface area (Å²) in [4.78, 5) is 6.86. The lowest BCUT2D eigenvalue weighted by molar-refractivity contribution is 1.19. The summed E-state index contributed by atoms with van der Waals surface area (Å²) < 4.78 is 0. The van der Waals surface area contributed by atoms with Crippen molar-refractivity contribution in [3.05, 3.63) is 97.2 Å². The molecule has 124 valence electrons. The van der Waals surface area contributed by atoms with E-state index in [9.17, 15) is 0 Å². The topological polar surface area (TPSA) is 16.1 Å². The van der Waals surface area contributed by atoms with Gasteiger partial charge in [-0.1, -0.05) is 74.5 Å². The van der Waals surface area contributed by atoms with Crippen LogP contribution in [0.4, 0.5) is 17.2 Å². The molecule has 1 aromatic heterocycles. The van der Waals surface area contributed by atoms with Crippen molar-refractivity contribution in [3.63, 3.8) is 0 Å². The van der Waals surface area contributed by atoms with Gasteiger partial charge in [0.15, 0.2) is 0 Å². The first-order valence-electron chi connectivity index (χ1n) is 8.67. The summed E-state index contributed by atoms with van der Waals surface area (Å²) in [5.41, 5.74) is 2.20. The highest BCUT2D eigenvalue weighted by molar-refractivity contribution is 5.86. The van der Waals surface area contributed by atoms with E-state index in [2.05, 4.69) is 58.4 Å². The number of hydrogen-bond acceptors (Lipinski definition) is 2. The molecule has 0 amide bonds. The normalized spacial score (nSPS) is 10.0. The molecule has 0 saturated heterocycles. The smallest absolute Gasteiger partial charge is 0.138 e. The minimum absolute atomic E-state index is 0.918.